The lowest BCUT2D eigenvalue weighted by Gasteiger charge is -2.34. The molecule has 41 heavy (non-hydrogen) atoms. The summed E-state index contributed by atoms with van der Waals surface area (Å²) in [7, 11) is 0. The van der Waals surface area contributed by atoms with E-state index >= 15 is 0 Å². The summed E-state index contributed by atoms with van der Waals surface area (Å²) in [6, 6.07) is 43.6. The minimum absolute atomic E-state index is 0.258. The summed E-state index contributed by atoms with van der Waals surface area (Å²) < 4.78 is 13.0. The van der Waals surface area contributed by atoms with E-state index in [4.69, 9.17) is 9.15 Å². The van der Waals surface area contributed by atoms with Crippen LogP contribution in [-0.4, -0.2) is 0 Å². The third-order valence-electron chi connectivity index (χ3n) is 9.12. The average Bonchev–Trinajstić information content (AvgIpc) is 3.40. The fraction of sp³-hybridized carbons (Fsp3) is 0.0769. The number of ether oxygens (including phenoxy) is 1. The Morgan fingerprint density at radius 1 is 0.463 bits per heavy atom. The van der Waals surface area contributed by atoms with Crippen molar-refractivity contribution in [1.29, 1.82) is 0 Å². The van der Waals surface area contributed by atoms with Gasteiger partial charge in [-0.05, 0) is 73.8 Å². The van der Waals surface area contributed by atoms with Crippen LogP contribution in [0, 0.1) is 0 Å². The second kappa shape index (κ2) is 7.99. The molecule has 194 valence electrons. The molecule has 0 amide bonds. The largest absolute Gasteiger partial charge is 0.453 e. The predicted molar refractivity (Wildman–Crippen MR) is 170 cm³/mol. The van der Waals surface area contributed by atoms with Crippen LogP contribution < -0.4 is 4.74 Å². The molecule has 0 N–H and O–H groups in total. The molecular weight excluding hydrogens is 500 g/mol. The van der Waals surface area contributed by atoms with Gasteiger partial charge in [0.25, 0.3) is 0 Å². The van der Waals surface area contributed by atoms with Crippen LogP contribution in [0.4, 0.5) is 0 Å². The zero-order valence-corrected chi connectivity index (χ0v) is 22.9. The maximum Gasteiger partial charge on any atom is 0.178 e. The van der Waals surface area contributed by atoms with E-state index < -0.39 is 0 Å². The van der Waals surface area contributed by atoms with E-state index in [1.54, 1.807) is 0 Å². The van der Waals surface area contributed by atoms with E-state index in [0.29, 0.717) is 0 Å². The van der Waals surface area contributed by atoms with Crippen molar-refractivity contribution in [3.63, 3.8) is 0 Å². The molecule has 1 aromatic heterocycles. The monoisotopic (exact) mass is 526 g/mol. The fourth-order valence-electron chi connectivity index (χ4n) is 6.99. The Labute approximate surface area is 237 Å². The molecule has 1 aliphatic heterocycles. The summed E-state index contributed by atoms with van der Waals surface area (Å²) in [5, 5.41) is 9.94. The maximum absolute atomic E-state index is 6.63. The van der Waals surface area contributed by atoms with Gasteiger partial charge < -0.3 is 9.15 Å². The molecule has 2 heteroatoms. The number of para-hydroxylation sites is 1. The summed E-state index contributed by atoms with van der Waals surface area (Å²) in [4.78, 5) is 0. The van der Waals surface area contributed by atoms with Gasteiger partial charge in [-0.25, -0.2) is 0 Å². The molecule has 0 atom stereocenters. The highest BCUT2D eigenvalue weighted by Gasteiger charge is 2.36. The van der Waals surface area contributed by atoms with Gasteiger partial charge in [-0.3, -0.25) is 0 Å². The zero-order chi connectivity index (χ0) is 27.3. The summed E-state index contributed by atoms with van der Waals surface area (Å²) in [6.45, 7) is 4.57. The molecule has 0 bridgehead atoms. The van der Waals surface area contributed by atoms with Crippen molar-refractivity contribution in [2.24, 2.45) is 0 Å². The minimum atomic E-state index is -0.258. The Kier molecular flexibility index (Phi) is 4.42. The number of rotatable bonds is 1. The number of benzene rings is 7. The predicted octanol–water partition coefficient (Wildman–Crippen LogP) is 11.1. The van der Waals surface area contributed by atoms with Gasteiger partial charge in [-0.1, -0.05) is 105 Å². The SMILES string of the molecule is CC1(C)c2cc(-c3ccc4c5ccccc5c5ccccc5c4c3)ccc2Oc2c1ccc1c2oc2ccccc21. The van der Waals surface area contributed by atoms with Crippen molar-refractivity contribution < 1.29 is 9.15 Å². The Morgan fingerprint density at radius 3 is 1.76 bits per heavy atom. The van der Waals surface area contributed by atoms with Crippen LogP contribution in [0.15, 0.2) is 126 Å². The van der Waals surface area contributed by atoms with Gasteiger partial charge in [0.2, 0.25) is 0 Å². The molecule has 2 nitrogen and oxygen atoms in total. The van der Waals surface area contributed by atoms with Gasteiger partial charge in [-0.15, -0.1) is 0 Å². The van der Waals surface area contributed by atoms with Crippen LogP contribution >= 0.6 is 0 Å². The zero-order valence-electron chi connectivity index (χ0n) is 22.9. The van der Waals surface area contributed by atoms with Crippen molar-refractivity contribution in [2.45, 2.75) is 19.3 Å². The highest BCUT2D eigenvalue weighted by atomic mass is 16.5. The second-order valence-corrected chi connectivity index (χ2v) is 11.7. The maximum atomic E-state index is 6.63. The number of hydrogen-bond acceptors (Lipinski definition) is 2. The normalized spacial score (nSPS) is 14.0. The first-order valence-electron chi connectivity index (χ1n) is 14.2. The molecular formula is C39H26O2. The molecule has 9 rings (SSSR count). The van der Waals surface area contributed by atoms with E-state index in [0.717, 1.165) is 39.0 Å². The van der Waals surface area contributed by atoms with Gasteiger partial charge in [-0.2, -0.15) is 0 Å². The topological polar surface area (TPSA) is 22.4 Å². The molecule has 2 heterocycles. The molecule has 7 aromatic carbocycles. The summed E-state index contributed by atoms with van der Waals surface area (Å²) in [5.41, 5.74) is 6.16. The van der Waals surface area contributed by atoms with E-state index in [9.17, 15) is 0 Å². The molecule has 0 fully saturated rings. The van der Waals surface area contributed by atoms with E-state index in [2.05, 4.69) is 123 Å². The lowest BCUT2D eigenvalue weighted by Crippen LogP contribution is -2.24. The van der Waals surface area contributed by atoms with Gasteiger partial charge in [0.05, 0.1) is 0 Å². The van der Waals surface area contributed by atoms with E-state index in [-0.39, 0.29) is 5.41 Å². The van der Waals surface area contributed by atoms with E-state index in [1.807, 2.05) is 12.1 Å². The number of fused-ring (bicyclic) bond motifs is 12. The highest BCUT2D eigenvalue weighted by Crippen LogP contribution is 2.52. The van der Waals surface area contributed by atoms with Gasteiger partial charge in [0, 0.05) is 27.3 Å². The number of furan rings is 1. The first-order chi connectivity index (χ1) is 20.1. The molecule has 0 radical (unpaired) electrons. The van der Waals surface area contributed by atoms with Gasteiger partial charge >= 0.3 is 0 Å². The quantitative estimate of drug-likeness (QED) is 0.199. The first kappa shape index (κ1) is 22.7. The Hall–Kier alpha value is -5.08. The summed E-state index contributed by atoms with van der Waals surface area (Å²) in [6.07, 6.45) is 0. The van der Waals surface area contributed by atoms with Crippen molar-refractivity contribution >= 4 is 54.3 Å². The van der Waals surface area contributed by atoms with E-state index in [1.165, 1.54) is 49.0 Å². The van der Waals surface area contributed by atoms with Gasteiger partial charge in [0.1, 0.15) is 11.3 Å². The standard InChI is InChI=1S/C39H26O2/c1-39(2)33-19-18-31-30-13-7-8-14-35(30)40-37(31)38(33)41-36-20-16-24(22-34(36)39)23-15-17-29-27-11-4-3-9-25(27)26-10-5-6-12-28(26)32(29)21-23/h3-22H,1-2H3. The molecule has 0 saturated carbocycles. The van der Waals surface area contributed by atoms with Crippen LogP contribution in [0.3, 0.4) is 0 Å². The lowest BCUT2D eigenvalue weighted by atomic mass is 9.74. The first-order valence-corrected chi connectivity index (χ1v) is 14.2. The Balaban J connectivity index is 1.22. The smallest absolute Gasteiger partial charge is 0.178 e. The third-order valence-corrected chi connectivity index (χ3v) is 9.12. The average molecular weight is 527 g/mol. The highest BCUT2D eigenvalue weighted by molar-refractivity contribution is 6.25. The van der Waals surface area contributed by atoms with Crippen molar-refractivity contribution in [1.82, 2.24) is 0 Å². The van der Waals surface area contributed by atoms with Crippen LogP contribution in [0.2, 0.25) is 0 Å². The van der Waals surface area contributed by atoms with Crippen molar-refractivity contribution in [3.05, 3.63) is 132 Å². The lowest BCUT2D eigenvalue weighted by molar-refractivity contribution is 0.415. The molecule has 8 aromatic rings. The van der Waals surface area contributed by atoms with Crippen LogP contribution in [0.25, 0.3) is 65.4 Å². The Morgan fingerprint density at radius 2 is 1.02 bits per heavy atom. The Bertz CT molecular complexity index is 2340. The van der Waals surface area contributed by atoms with Crippen molar-refractivity contribution in [2.75, 3.05) is 0 Å². The minimum Gasteiger partial charge on any atom is -0.453 e. The summed E-state index contributed by atoms with van der Waals surface area (Å²) in [5.74, 6) is 1.71. The van der Waals surface area contributed by atoms with Crippen LogP contribution in [0.1, 0.15) is 25.0 Å². The fourth-order valence-corrected chi connectivity index (χ4v) is 6.99. The molecule has 0 unspecified atom stereocenters. The molecule has 0 aliphatic carbocycles. The number of hydrogen-bond donors (Lipinski definition) is 0. The summed E-state index contributed by atoms with van der Waals surface area (Å²) >= 11 is 0. The van der Waals surface area contributed by atoms with Gasteiger partial charge in [0.15, 0.2) is 11.3 Å². The second-order valence-electron chi connectivity index (χ2n) is 11.7. The van der Waals surface area contributed by atoms with Crippen molar-refractivity contribution in [3.8, 4) is 22.6 Å². The van der Waals surface area contributed by atoms with Crippen LogP contribution in [0.5, 0.6) is 11.5 Å². The van der Waals surface area contributed by atoms with Crippen LogP contribution in [-0.2, 0) is 5.41 Å². The molecule has 0 spiro atoms. The molecule has 0 saturated heterocycles. The molecule has 1 aliphatic rings. The third kappa shape index (κ3) is 3.08.